The summed E-state index contributed by atoms with van der Waals surface area (Å²) in [5.74, 6) is -3.54. The molecule has 5 rings (SSSR count). The van der Waals surface area contributed by atoms with Crippen molar-refractivity contribution < 1.29 is 88.5 Å². The molecule has 0 aromatic heterocycles. The minimum Gasteiger partial charge on any atom is -0.481 e. The molecular formula is C54H77N6O19S5+. The van der Waals surface area contributed by atoms with Crippen molar-refractivity contribution in [1.82, 2.24) is 20.3 Å². The summed E-state index contributed by atoms with van der Waals surface area (Å²) in [5.41, 5.74) is 3.65. The Balaban J connectivity index is 0.00000217. The number of carbonyl (C=O) groups is 4. The number of rotatable bonds is 28. The smallest absolute Gasteiger partial charge is 0.425 e. The minimum absolute atomic E-state index is 0.00196. The zero-order chi connectivity index (χ0) is 63.4. The summed E-state index contributed by atoms with van der Waals surface area (Å²) in [7, 11) is -17.6. The molecular weight excluding hydrogens is 1200 g/mol. The van der Waals surface area contributed by atoms with Gasteiger partial charge in [-0.15, -0.1) is 25.3 Å². The molecule has 466 valence electrons. The quantitative estimate of drug-likeness (QED) is 0.0299. The average Bonchev–Trinajstić information content (AvgIpc) is 3.76. The van der Waals surface area contributed by atoms with Crippen molar-refractivity contribution in [2.24, 2.45) is 5.41 Å². The Hall–Kier alpha value is -6.28. The summed E-state index contributed by atoms with van der Waals surface area (Å²) in [4.78, 5) is 54.5. The summed E-state index contributed by atoms with van der Waals surface area (Å²) < 4.78 is 147. The zero-order valence-electron chi connectivity index (χ0n) is 48.1. The van der Waals surface area contributed by atoms with Crippen LogP contribution in [0.15, 0.2) is 94.6 Å². The molecule has 6 N–H and O–H groups in total. The van der Waals surface area contributed by atoms with Crippen LogP contribution in [0.4, 0.5) is 11.4 Å². The number of benzene rings is 2. The van der Waals surface area contributed by atoms with Crippen molar-refractivity contribution in [2.75, 3.05) is 62.7 Å². The minimum atomic E-state index is -4.35. The highest BCUT2D eigenvalue weighted by Gasteiger charge is 2.49. The van der Waals surface area contributed by atoms with E-state index >= 15 is 0 Å². The highest BCUT2D eigenvalue weighted by atomic mass is 32.2. The van der Waals surface area contributed by atoms with Gasteiger partial charge in [0.05, 0.1) is 21.8 Å². The first-order valence-electron chi connectivity index (χ1n) is 27.0. The first kappa shape index (κ1) is 72.0. The molecule has 30 heteroatoms. The number of carboxylic acid groups (broad SMARTS) is 1. The van der Waals surface area contributed by atoms with Gasteiger partial charge >= 0.3 is 27.2 Å². The predicted octanol–water partition coefficient (Wildman–Crippen LogP) is 4.31. The molecule has 1 atom stereocenters. The Bertz CT molecular complexity index is 3460. The van der Waals surface area contributed by atoms with E-state index in [4.69, 9.17) is 34.9 Å². The van der Waals surface area contributed by atoms with E-state index in [9.17, 15) is 49.0 Å². The van der Waals surface area contributed by atoms with Gasteiger partial charge in [0.25, 0.3) is 20.2 Å². The molecule has 0 spiro atoms. The van der Waals surface area contributed by atoms with E-state index < -0.39 is 97.5 Å². The van der Waals surface area contributed by atoms with Crippen molar-refractivity contribution in [3.05, 3.63) is 101 Å². The summed E-state index contributed by atoms with van der Waals surface area (Å²) in [6, 6.07) is 13.0. The predicted molar refractivity (Wildman–Crippen MR) is 313 cm³/mol. The number of nitrogens with one attached hydrogen (secondary N) is 3. The number of hydrogen-bond acceptors (Lipinski definition) is 17. The Morgan fingerprint density at radius 2 is 1.35 bits per heavy atom. The van der Waals surface area contributed by atoms with E-state index in [1.807, 2.05) is 55.2 Å². The van der Waals surface area contributed by atoms with Gasteiger partial charge in [0.1, 0.15) is 12.0 Å². The number of sulfonamides is 1. The molecule has 2 aliphatic heterocycles. The van der Waals surface area contributed by atoms with Gasteiger partial charge in [0.15, 0.2) is 5.71 Å². The molecule has 0 fully saturated rings. The number of anilines is 1. The SMILES string of the molecule is CCCC[N+]1=C(/C=C/C2=CC(=C/C=C3/N(CCCS(=O)(=O)O)c4ccc(S(=O)(=O)N(C)CCCC(=O)NCCS(=O)(=O)O)cc4C3(C)C)/CC(C(=O)NCC)(C(=O)NCCCCCC(=O)O)C2)C(C)(C)c2ccccc21.O=S(=O)=O.O=S(=O)=O. The topological polar surface area (TPSA) is 379 Å². The molecule has 0 saturated carbocycles. The zero-order valence-corrected chi connectivity index (χ0v) is 52.2. The molecule has 0 bridgehead atoms. The maximum atomic E-state index is 14.7. The van der Waals surface area contributed by atoms with Gasteiger partial charge in [-0.3, -0.25) is 28.3 Å². The molecule has 3 amide bonds. The number of nitrogens with zero attached hydrogens (tertiary/aromatic N) is 3. The number of carbonyl (C=O) groups excluding carboxylic acids is 3. The Kier molecular flexibility index (Phi) is 27.2. The van der Waals surface area contributed by atoms with Gasteiger partial charge in [-0.2, -0.15) is 21.4 Å². The molecule has 25 nitrogen and oxygen atoms in total. The lowest BCUT2D eigenvalue weighted by Crippen LogP contribution is -2.52. The Labute approximate surface area is 495 Å². The van der Waals surface area contributed by atoms with Crippen molar-refractivity contribution in [2.45, 2.75) is 128 Å². The van der Waals surface area contributed by atoms with Crippen LogP contribution in [-0.2, 0) is 81.5 Å². The molecule has 0 saturated heterocycles. The second-order valence-electron chi connectivity index (χ2n) is 21.2. The molecule has 2 aromatic carbocycles. The molecule has 3 aliphatic rings. The number of allylic oxidation sites excluding steroid dienone is 8. The monoisotopic (exact) mass is 1270 g/mol. The largest absolute Gasteiger partial charge is 0.481 e. The molecule has 2 aromatic rings. The van der Waals surface area contributed by atoms with Crippen molar-refractivity contribution in [1.29, 1.82) is 0 Å². The number of aliphatic carboxylic acids is 1. The summed E-state index contributed by atoms with van der Waals surface area (Å²) in [6.07, 6.45) is 13.2. The lowest BCUT2D eigenvalue weighted by atomic mass is 9.70. The third-order valence-electron chi connectivity index (χ3n) is 14.3. The Morgan fingerprint density at radius 3 is 1.95 bits per heavy atom. The lowest BCUT2D eigenvalue weighted by molar-refractivity contribution is -0.438. The van der Waals surface area contributed by atoms with Crippen LogP contribution in [0.2, 0.25) is 0 Å². The van der Waals surface area contributed by atoms with Crippen LogP contribution in [0.3, 0.4) is 0 Å². The van der Waals surface area contributed by atoms with Gasteiger partial charge in [-0.25, -0.2) is 12.7 Å². The fourth-order valence-electron chi connectivity index (χ4n) is 10.2. The van der Waals surface area contributed by atoms with Crippen molar-refractivity contribution in [3.8, 4) is 0 Å². The van der Waals surface area contributed by atoms with Gasteiger partial charge in [-0.1, -0.05) is 70.0 Å². The van der Waals surface area contributed by atoms with Crippen LogP contribution in [0, 0.1) is 5.41 Å². The van der Waals surface area contributed by atoms with E-state index in [0.29, 0.717) is 47.4 Å². The summed E-state index contributed by atoms with van der Waals surface area (Å²) in [6.45, 7) is 13.1. The molecule has 1 aliphatic carbocycles. The molecule has 1 unspecified atom stereocenters. The lowest BCUT2D eigenvalue weighted by Gasteiger charge is -2.35. The number of carboxylic acids is 1. The van der Waals surface area contributed by atoms with Crippen LogP contribution in [0.25, 0.3) is 0 Å². The van der Waals surface area contributed by atoms with E-state index in [1.165, 1.54) is 18.7 Å². The third-order valence-corrected chi connectivity index (χ3v) is 17.7. The van der Waals surface area contributed by atoms with Gasteiger partial charge < -0.3 is 26.0 Å². The highest BCUT2D eigenvalue weighted by Crippen LogP contribution is 2.49. The van der Waals surface area contributed by atoms with Crippen LogP contribution in [0.5, 0.6) is 0 Å². The van der Waals surface area contributed by atoms with Crippen LogP contribution < -0.4 is 20.9 Å². The number of unbranched alkanes of at least 4 members (excludes halogenated alkanes) is 3. The first-order chi connectivity index (χ1) is 39.0. The van der Waals surface area contributed by atoms with Gasteiger partial charge in [0, 0.05) is 93.5 Å². The van der Waals surface area contributed by atoms with Crippen molar-refractivity contribution >= 4 is 92.3 Å². The van der Waals surface area contributed by atoms with Crippen molar-refractivity contribution in [3.63, 3.8) is 0 Å². The maximum Gasteiger partial charge on any atom is 0.425 e. The van der Waals surface area contributed by atoms with Crippen LogP contribution in [0.1, 0.15) is 123 Å². The summed E-state index contributed by atoms with van der Waals surface area (Å²) >= 11 is 0. The van der Waals surface area contributed by atoms with E-state index in [1.54, 1.807) is 19.1 Å². The molecule has 84 heavy (non-hydrogen) atoms. The fourth-order valence-corrected chi connectivity index (χ4v) is 12.3. The standard InChI is InChI=1S/C54H76N6O13S3.2O3S/c1-8-10-31-59-44-19-14-13-18-42(44)52(3,4)46(59)26-22-39-35-40(38-54(37-39,50(64)55-9-2)51(65)57-28-15-11-12-21-49(62)63)23-27-47-53(5,6)43-36-41(24-25-45(43)60(47)32-17-33-74(66,67)68)76(72,73)58(7)30-16-20-48(61)56-29-34-75(69,70)71;2*1-4(2)3/h13-14,18-19,22-27,35-36H,8-12,15-17,20-21,28-34,37-38H2,1-7H3,(H5-,55,56,57,61,62,63,64,65,66,67,68,69,70,71);;/p+1. The number of para-hydroxylation sites is 1. The second-order valence-corrected chi connectivity index (χ2v) is 27.2. The molecule has 2 heterocycles. The third kappa shape index (κ3) is 21.0. The first-order valence-corrected chi connectivity index (χ1v) is 33.6. The maximum absolute atomic E-state index is 14.7. The highest BCUT2D eigenvalue weighted by molar-refractivity contribution is 7.89. The van der Waals surface area contributed by atoms with Gasteiger partial charge in [0.2, 0.25) is 33.4 Å². The number of hydrogen-bond donors (Lipinski definition) is 6. The second kappa shape index (κ2) is 31.7. The number of amides is 3. The molecule has 0 radical (unpaired) electrons. The Morgan fingerprint density at radius 1 is 0.714 bits per heavy atom. The fraction of sp³-hybridized carbons (Fsp3) is 0.537. The van der Waals surface area contributed by atoms with E-state index in [0.717, 1.165) is 35.1 Å². The van der Waals surface area contributed by atoms with Crippen LogP contribution in [-0.4, -0.2) is 161 Å². The summed E-state index contributed by atoms with van der Waals surface area (Å²) in [5, 5.41) is 17.4. The van der Waals surface area contributed by atoms with Gasteiger partial charge in [-0.05, 0) is 100 Å². The van der Waals surface area contributed by atoms with E-state index in [-0.39, 0.29) is 81.6 Å². The number of fused-ring (bicyclic) bond motifs is 2. The normalized spacial score (nSPS) is 18.0. The van der Waals surface area contributed by atoms with E-state index in [2.05, 4.69) is 59.5 Å². The van der Waals surface area contributed by atoms with Crippen LogP contribution >= 0.6 is 0 Å². The average molecular weight is 1270 g/mol.